The highest BCUT2D eigenvalue weighted by molar-refractivity contribution is 5.17. The SMILES string of the molecule is CCCCCCCCCCCCCCCC[N+](C)(C)C(CCCCCCCCCCCC)c1ccccc1. The molecule has 1 aromatic carbocycles. The minimum absolute atomic E-state index is 0.646. The number of unbranched alkanes of at least 4 members (excludes halogenated alkanes) is 22. The molecule has 0 saturated carbocycles. The molecule has 0 radical (unpaired) electrons. The largest absolute Gasteiger partial charge is 0.322 e. The van der Waals surface area contributed by atoms with Gasteiger partial charge in [0.25, 0.3) is 0 Å². The molecule has 1 rings (SSSR count). The lowest BCUT2D eigenvalue weighted by molar-refractivity contribution is -0.921. The normalized spacial score (nSPS) is 12.7. The number of quaternary nitrogens is 1. The molecule has 0 bridgehead atoms. The second-order valence-corrected chi connectivity index (χ2v) is 13.0. The maximum Gasteiger partial charge on any atom is 0.114 e. The van der Waals surface area contributed by atoms with Crippen LogP contribution in [0.2, 0.25) is 0 Å². The van der Waals surface area contributed by atoms with Gasteiger partial charge >= 0.3 is 0 Å². The Balaban J connectivity index is 2.19. The van der Waals surface area contributed by atoms with Crippen molar-refractivity contribution in [2.24, 2.45) is 0 Å². The Hall–Kier alpha value is -0.820. The van der Waals surface area contributed by atoms with E-state index in [0.717, 1.165) is 4.48 Å². The van der Waals surface area contributed by atoms with Crippen LogP contribution in [-0.4, -0.2) is 25.1 Å². The van der Waals surface area contributed by atoms with Gasteiger partial charge in [-0.15, -0.1) is 0 Å². The van der Waals surface area contributed by atoms with Crippen molar-refractivity contribution in [3.05, 3.63) is 35.9 Å². The fourth-order valence-corrected chi connectivity index (χ4v) is 6.29. The van der Waals surface area contributed by atoms with Crippen molar-refractivity contribution in [3.63, 3.8) is 0 Å². The molecule has 0 aromatic heterocycles. The van der Waals surface area contributed by atoms with Gasteiger partial charge in [0.15, 0.2) is 0 Å². The number of hydrogen-bond donors (Lipinski definition) is 0. The molecular formula is C37H70N+. The summed E-state index contributed by atoms with van der Waals surface area (Å²) >= 11 is 0. The van der Waals surface area contributed by atoms with Crippen LogP contribution < -0.4 is 0 Å². The van der Waals surface area contributed by atoms with E-state index >= 15 is 0 Å². The highest BCUT2D eigenvalue weighted by Gasteiger charge is 2.28. The number of hydrogen-bond acceptors (Lipinski definition) is 0. The summed E-state index contributed by atoms with van der Waals surface area (Å²) in [6, 6.07) is 12.1. The van der Waals surface area contributed by atoms with Crippen LogP contribution in [0.3, 0.4) is 0 Å². The van der Waals surface area contributed by atoms with Crippen molar-refractivity contribution in [3.8, 4) is 0 Å². The number of benzene rings is 1. The molecule has 1 atom stereocenters. The van der Waals surface area contributed by atoms with Crippen LogP contribution in [0.1, 0.15) is 186 Å². The first-order valence-electron chi connectivity index (χ1n) is 17.5. The predicted octanol–water partition coefficient (Wildman–Crippen LogP) is 12.6. The maximum atomic E-state index is 2.50. The molecular weight excluding hydrogens is 458 g/mol. The monoisotopic (exact) mass is 529 g/mol. The lowest BCUT2D eigenvalue weighted by atomic mass is 9.96. The van der Waals surface area contributed by atoms with E-state index in [9.17, 15) is 0 Å². The molecule has 1 heteroatoms. The summed E-state index contributed by atoms with van der Waals surface area (Å²) in [7, 11) is 4.99. The van der Waals surface area contributed by atoms with E-state index < -0.39 is 0 Å². The average molecular weight is 529 g/mol. The number of rotatable bonds is 28. The quantitative estimate of drug-likeness (QED) is 0.0749. The van der Waals surface area contributed by atoms with E-state index in [-0.39, 0.29) is 0 Å². The average Bonchev–Trinajstić information content (AvgIpc) is 2.92. The van der Waals surface area contributed by atoms with Gasteiger partial charge in [-0.05, 0) is 19.3 Å². The molecule has 0 spiro atoms. The topological polar surface area (TPSA) is 0 Å². The van der Waals surface area contributed by atoms with Crippen molar-refractivity contribution in [2.45, 2.75) is 180 Å². The van der Waals surface area contributed by atoms with E-state index in [1.54, 1.807) is 5.56 Å². The summed E-state index contributed by atoms with van der Waals surface area (Å²) in [5.41, 5.74) is 1.55. The van der Waals surface area contributed by atoms with Crippen LogP contribution in [0, 0.1) is 0 Å². The van der Waals surface area contributed by atoms with Gasteiger partial charge in [-0.1, -0.05) is 179 Å². The van der Waals surface area contributed by atoms with Gasteiger partial charge in [-0.3, -0.25) is 0 Å². The third kappa shape index (κ3) is 19.3. The van der Waals surface area contributed by atoms with Gasteiger partial charge in [0.1, 0.15) is 6.04 Å². The number of nitrogens with zero attached hydrogens (tertiary/aromatic N) is 1. The molecule has 0 aliphatic rings. The minimum atomic E-state index is 0.646. The molecule has 0 heterocycles. The Morgan fingerprint density at radius 1 is 0.447 bits per heavy atom. The molecule has 0 fully saturated rings. The first-order chi connectivity index (χ1) is 18.6. The van der Waals surface area contributed by atoms with Crippen molar-refractivity contribution in [1.29, 1.82) is 0 Å². The van der Waals surface area contributed by atoms with E-state index in [4.69, 9.17) is 0 Å². The van der Waals surface area contributed by atoms with Crippen molar-refractivity contribution >= 4 is 0 Å². The van der Waals surface area contributed by atoms with Gasteiger partial charge in [0.05, 0.1) is 20.6 Å². The van der Waals surface area contributed by atoms with Crippen LogP contribution in [0.15, 0.2) is 30.3 Å². The second-order valence-electron chi connectivity index (χ2n) is 13.0. The molecule has 0 saturated heterocycles. The molecule has 0 N–H and O–H groups in total. The van der Waals surface area contributed by atoms with Crippen LogP contribution in [0.4, 0.5) is 0 Å². The Kier molecular flexibility index (Phi) is 23.3. The Labute approximate surface area is 241 Å². The smallest absolute Gasteiger partial charge is 0.114 e. The fraction of sp³-hybridized carbons (Fsp3) is 0.838. The lowest BCUT2D eigenvalue weighted by Gasteiger charge is -2.39. The zero-order chi connectivity index (χ0) is 27.6. The summed E-state index contributed by atoms with van der Waals surface area (Å²) < 4.78 is 1.15. The first kappa shape index (κ1) is 35.2. The Bertz CT molecular complexity index is 592. The van der Waals surface area contributed by atoms with Gasteiger partial charge in [-0.2, -0.15) is 0 Å². The van der Waals surface area contributed by atoms with Crippen molar-refractivity contribution in [1.82, 2.24) is 0 Å². The molecule has 0 aliphatic carbocycles. The molecule has 1 nitrogen and oxygen atoms in total. The van der Waals surface area contributed by atoms with Crippen LogP contribution in [-0.2, 0) is 0 Å². The zero-order valence-corrected chi connectivity index (χ0v) is 26.8. The zero-order valence-electron chi connectivity index (χ0n) is 26.8. The first-order valence-corrected chi connectivity index (χ1v) is 17.5. The molecule has 1 unspecified atom stereocenters. The highest BCUT2D eigenvalue weighted by atomic mass is 15.3. The van der Waals surface area contributed by atoms with E-state index in [1.165, 1.54) is 167 Å². The summed E-state index contributed by atoms with van der Waals surface area (Å²) in [5, 5.41) is 0. The van der Waals surface area contributed by atoms with Crippen LogP contribution in [0.5, 0.6) is 0 Å². The van der Waals surface area contributed by atoms with Gasteiger partial charge in [-0.25, -0.2) is 0 Å². The molecule has 1 aromatic rings. The second kappa shape index (κ2) is 25.2. The molecule has 38 heavy (non-hydrogen) atoms. The highest BCUT2D eigenvalue weighted by Crippen LogP contribution is 2.31. The van der Waals surface area contributed by atoms with Crippen LogP contribution >= 0.6 is 0 Å². The predicted molar refractivity (Wildman–Crippen MR) is 173 cm³/mol. The maximum absolute atomic E-state index is 2.50. The fourth-order valence-electron chi connectivity index (χ4n) is 6.29. The summed E-state index contributed by atoms with van der Waals surface area (Å²) in [6.45, 7) is 5.93. The summed E-state index contributed by atoms with van der Waals surface area (Å²) in [6.07, 6.45) is 35.8. The summed E-state index contributed by atoms with van der Waals surface area (Å²) in [4.78, 5) is 0. The summed E-state index contributed by atoms with van der Waals surface area (Å²) in [5.74, 6) is 0. The molecule has 0 amide bonds. The molecule has 222 valence electrons. The Morgan fingerprint density at radius 3 is 1.18 bits per heavy atom. The lowest BCUT2D eigenvalue weighted by Crippen LogP contribution is -2.44. The van der Waals surface area contributed by atoms with E-state index in [2.05, 4.69) is 58.3 Å². The minimum Gasteiger partial charge on any atom is -0.322 e. The van der Waals surface area contributed by atoms with Gasteiger partial charge in [0, 0.05) is 12.0 Å². The van der Waals surface area contributed by atoms with Gasteiger partial charge < -0.3 is 4.48 Å². The van der Waals surface area contributed by atoms with Crippen molar-refractivity contribution in [2.75, 3.05) is 20.6 Å². The van der Waals surface area contributed by atoms with E-state index in [0.29, 0.717) is 6.04 Å². The van der Waals surface area contributed by atoms with Crippen molar-refractivity contribution < 1.29 is 4.48 Å². The molecule has 0 aliphatic heterocycles. The standard InChI is InChI=1S/C37H70N/c1-5-7-9-11-13-15-17-18-19-20-22-24-26-31-35-38(3,4)37(36-32-28-27-29-33-36)34-30-25-23-21-16-14-12-10-8-6-2/h27-29,32-33,37H,5-26,30-31,34-35H2,1-4H3/q+1. The van der Waals surface area contributed by atoms with Gasteiger partial charge in [0.2, 0.25) is 0 Å². The van der Waals surface area contributed by atoms with Crippen LogP contribution in [0.25, 0.3) is 0 Å². The third-order valence-corrected chi connectivity index (χ3v) is 8.95. The van der Waals surface area contributed by atoms with E-state index in [1.807, 2.05) is 0 Å². The Morgan fingerprint density at radius 2 is 0.789 bits per heavy atom. The third-order valence-electron chi connectivity index (χ3n) is 8.95.